The summed E-state index contributed by atoms with van der Waals surface area (Å²) >= 11 is 0. The van der Waals surface area contributed by atoms with Crippen LogP contribution in [0.15, 0.2) is 55.1 Å². The van der Waals surface area contributed by atoms with Gasteiger partial charge in [0.05, 0.1) is 30.9 Å². The molecule has 3 amide bonds. The van der Waals surface area contributed by atoms with Gasteiger partial charge in [0.1, 0.15) is 0 Å². The quantitative estimate of drug-likeness (QED) is 0.272. The van der Waals surface area contributed by atoms with Gasteiger partial charge >= 0.3 is 0 Å². The van der Waals surface area contributed by atoms with Crippen LogP contribution >= 0.6 is 0 Å². The zero-order chi connectivity index (χ0) is 31.4. The summed E-state index contributed by atoms with van der Waals surface area (Å²) in [5.41, 5.74) is 1.97. The molecule has 234 valence electrons. The molecule has 0 aliphatic carbocycles. The number of anilines is 2. The number of fused-ring (bicyclic) bond motifs is 3. The minimum Gasteiger partial charge on any atom is -0.394 e. The fourth-order valence-corrected chi connectivity index (χ4v) is 10.6. The summed E-state index contributed by atoms with van der Waals surface area (Å²) in [4.78, 5) is 46.3. The molecule has 5 atom stereocenters. The van der Waals surface area contributed by atoms with Crippen LogP contribution in [0.25, 0.3) is 0 Å². The van der Waals surface area contributed by atoms with Gasteiger partial charge in [0.25, 0.3) is 5.91 Å². The first-order valence-corrected chi connectivity index (χ1v) is 18.7. The molecule has 6 rings (SSSR count). The first kappa shape index (κ1) is 30.7. The zero-order valence-electron chi connectivity index (χ0n) is 25.8. The topological polar surface area (TPSA) is 90.4 Å². The van der Waals surface area contributed by atoms with Gasteiger partial charge in [-0.1, -0.05) is 37.3 Å². The Kier molecular flexibility index (Phi) is 8.05. The maximum atomic E-state index is 16.3. The second-order valence-corrected chi connectivity index (χ2v) is 17.0. The molecule has 1 spiro atoms. The number of ether oxygens (including phenoxy) is 1. The standard InChI is InChI=1S/C34H42FN3O5Si/c1-5-15-37-28-14-13-25(36-16-9-8-12-30(36)40)18-27(28)34(33(37)42)22(2)32(44(3,4)35)29(43-34)19-31(41)38-20-24-11-7-6-10-23(24)17-26(38)21-39/h5-7,10-11,13-14,18,22,26,29,32,39H,1,8-9,12,15-17,19-21H2,2-4H3/t22-,26+,29+,32-,34+/m1/s1. The Labute approximate surface area is 259 Å². The van der Waals surface area contributed by atoms with E-state index in [4.69, 9.17) is 4.74 Å². The fourth-order valence-electron chi connectivity index (χ4n) is 8.12. The van der Waals surface area contributed by atoms with E-state index in [2.05, 4.69) is 6.58 Å². The third-order valence-electron chi connectivity index (χ3n) is 10.2. The predicted molar refractivity (Wildman–Crippen MR) is 169 cm³/mol. The summed E-state index contributed by atoms with van der Waals surface area (Å²) in [6.45, 7) is 9.98. The van der Waals surface area contributed by atoms with Gasteiger partial charge in [-0.3, -0.25) is 14.4 Å². The van der Waals surface area contributed by atoms with Gasteiger partial charge in [-0.25, -0.2) is 0 Å². The lowest BCUT2D eigenvalue weighted by Crippen LogP contribution is -2.48. The number of piperidine rings is 1. The molecule has 2 aromatic carbocycles. The average molecular weight is 620 g/mol. The van der Waals surface area contributed by atoms with Crippen LogP contribution < -0.4 is 9.80 Å². The van der Waals surface area contributed by atoms with E-state index in [0.717, 1.165) is 24.0 Å². The molecule has 0 saturated carbocycles. The molecular weight excluding hydrogens is 577 g/mol. The molecule has 0 bridgehead atoms. The van der Waals surface area contributed by atoms with Crippen molar-refractivity contribution in [2.24, 2.45) is 5.92 Å². The lowest BCUT2D eigenvalue weighted by Gasteiger charge is -2.37. The van der Waals surface area contributed by atoms with Crippen molar-refractivity contribution < 1.29 is 28.3 Å². The largest absolute Gasteiger partial charge is 0.394 e. The lowest BCUT2D eigenvalue weighted by molar-refractivity contribution is -0.150. The molecule has 4 aliphatic heterocycles. The lowest BCUT2D eigenvalue weighted by atomic mass is 9.82. The molecule has 1 N–H and O–H groups in total. The van der Waals surface area contributed by atoms with Gasteiger partial charge in [-0.05, 0) is 61.7 Å². The Balaban J connectivity index is 1.38. The number of rotatable bonds is 7. The van der Waals surface area contributed by atoms with Gasteiger partial charge in [-0.15, -0.1) is 6.58 Å². The molecule has 4 heterocycles. The molecule has 2 saturated heterocycles. The number of halogens is 1. The maximum Gasteiger partial charge on any atom is 0.264 e. The van der Waals surface area contributed by atoms with Gasteiger partial charge < -0.3 is 28.7 Å². The van der Waals surface area contributed by atoms with E-state index in [1.54, 1.807) is 33.9 Å². The number of benzene rings is 2. The minimum absolute atomic E-state index is 0.0399. The Morgan fingerprint density at radius 1 is 1.18 bits per heavy atom. The second-order valence-electron chi connectivity index (χ2n) is 13.2. The molecular formula is C34H42FN3O5Si. The molecule has 2 fully saturated rings. The van der Waals surface area contributed by atoms with Crippen molar-refractivity contribution in [3.8, 4) is 0 Å². The molecule has 0 radical (unpaired) electrons. The number of hydrogen-bond donors (Lipinski definition) is 1. The van der Waals surface area contributed by atoms with Crippen molar-refractivity contribution in [3.05, 3.63) is 71.8 Å². The van der Waals surface area contributed by atoms with E-state index in [1.165, 1.54) is 0 Å². The Hall–Kier alpha value is -3.34. The summed E-state index contributed by atoms with van der Waals surface area (Å²) in [7, 11) is -3.49. The van der Waals surface area contributed by atoms with Gasteiger partial charge in [-0.2, -0.15) is 0 Å². The maximum absolute atomic E-state index is 16.3. The van der Waals surface area contributed by atoms with Crippen LogP contribution in [-0.2, 0) is 37.7 Å². The van der Waals surface area contributed by atoms with Gasteiger partial charge in [0, 0.05) is 48.8 Å². The normalized spacial score (nSPS) is 28.4. The fraction of sp³-hybridized carbons (Fsp3) is 0.500. The molecule has 44 heavy (non-hydrogen) atoms. The molecule has 0 aromatic heterocycles. The molecule has 10 heteroatoms. The number of amides is 3. The summed E-state index contributed by atoms with van der Waals surface area (Å²) in [6.07, 6.45) is 3.48. The number of carbonyl (C=O) groups excluding carboxylic acids is 3. The van der Waals surface area contributed by atoms with Crippen LogP contribution in [0.4, 0.5) is 15.5 Å². The Morgan fingerprint density at radius 2 is 1.93 bits per heavy atom. The minimum atomic E-state index is -3.49. The average Bonchev–Trinajstić information content (AvgIpc) is 3.42. The highest BCUT2D eigenvalue weighted by atomic mass is 28.4. The number of aliphatic hydroxyl groups is 1. The smallest absolute Gasteiger partial charge is 0.264 e. The van der Waals surface area contributed by atoms with Crippen molar-refractivity contribution in [1.29, 1.82) is 0 Å². The Bertz CT molecular complexity index is 1490. The van der Waals surface area contributed by atoms with Crippen molar-refractivity contribution in [2.45, 2.75) is 82.0 Å². The van der Waals surface area contributed by atoms with E-state index < -0.39 is 31.6 Å². The van der Waals surface area contributed by atoms with Crippen LogP contribution in [0.1, 0.15) is 49.3 Å². The zero-order valence-corrected chi connectivity index (χ0v) is 26.8. The van der Waals surface area contributed by atoms with Gasteiger partial charge in [0.2, 0.25) is 20.2 Å². The van der Waals surface area contributed by atoms with Crippen molar-refractivity contribution in [1.82, 2.24) is 4.90 Å². The van der Waals surface area contributed by atoms with Crippen LogP contribution in [0, 0.1) is 5.92 Å². The number of aliphatic hydroxyl groups excluding tert-OH is 1. The first-order valence-electron chi connectivity index (χ1n) is 15.7. The van der Waals surface area contributed by atoms with Crippen molar-refractivity contribution in [3.63, 3.8) is 0 Å². The summed E-state index contributed by atoms with van der Waals surface area (Å²) in [5, 5.41) is 10.2. The summed E-state index contributed by atoms with van der Waals surface area (Å²) < 4.78 is 23.1. The molecule has 8 nitrogen and oxygen atoms in total. The van der Waals surface area contributed by atoms with Crippen LogP contribution in [-0.4, -0.2) is 68.0 Å². The molecule has 0 unspecified atom stereocenters. The highest BCUT2D eigenvalue weighted by molar-refractivity contribution is 6.72. The monoisotopic (exact) mass is 619 g/mol. The van der Waals surface area contributed by atoms with Crippen LogP contribution in [0.3, 0.4) is 0 Å². The van der Waals surface area contributed by atoms with E-state index in [1.807, 2.05) is 49.4 Å². The van der Waals surface area contributed by atoms with Crippen LogP contribution in [0.5, 0.6) is 0 Å². The van der Waals surface area contributed by atoms with E-state index >= 15 is 4.11 Å². The summed E-state index contributed by atoms with van der Waals surface area (Å²) in [5.74, 6) is -1.04. The highest BCUT2D eigenvalue weighted by Gasteiger charge is 2.67. The third-order valence-corrected chi connectivity index (χ3v) is 12.6. The number of hydrogen-bond acceptors (Lipinski definition) is 5. The van der Waals surface area contributed by atoms with Gasteiger partial charge in [0.15, 0.2) is 5.60 Å². The van der Waals surface area contributed by atoms with Crippen molar-refractivity contribution in [2.75, 3.05) is 29.5 Å². The first-order chi connectivity index (χ1) is 21.0. The second kappa shape index (κ2) is 11.5. The summed E-state index contributed by atoms with van der Waals surface area (Å²) in [6, 6.07) is 13.1. The third kappa shape index (κ3) is 4.91. The van der Waals surface area contributed by atoms with E-state index in [0.29, 0.717) is 42.9 Å². The number of carbonyl (C=O) groups is 3. The SMILES string of the molecule is C=CCN1C(=O)[C@@]2(O[C@@H](CC(=O)N3Cc4ccccc4C[C@H]3CO)[C@H]([Si](C)(C)F)[C@H]2C)c2cc(N3CCCCC3=O)ccc21. The molecule has 4 aliphatic rings. The highest BCUT2D eigenvalue weighted by Crippen LogP contribution is 2.60. The van der Waals surface area contributed by atoms with E-state index in [-0.39, 0.29) is 43.3 Å². The predicted octanol–water partition coefficient (Wildman–Crippen LogP) is 4.85. The van der Waals surface area contributed by atoms with Crippen LogP contribution in [0.2, 0.25) is 18.6 Å². The number of nitrogens with zero attached hydrogens (tertiary/aromatic N) is 3. The Morgan fingerprint density at radius 3 is 2.61 bits per heavy atom. The van der Waals surface area contributed by atoms with Crippen molar-refractivity contribution >= 4 is 37.5 Å². The van der Waals surface area contributed by atoms with E-state index in [9.17, 15) is 19.5 Å². The molecule has 2 aromatic rings.